The van der Waals surface area contributed by atoms with Gasteiger partial charge in [0.1, 0.15) is 12.6 Å². The molecule has 0 aliphatic heterocycles. The molecule has 2 aromatic rings. The van der Waals surface area contributed by atoms with Gasteiger partial charge in [0.15, 0.2) is 0 Å². The zero-order valence-electron chi connectivity index (χ0n) is 17.7. The third kappa shape index (κ3) is 6.59. The minimum Gasteiger partial charge on any atom is -0.357 e. The Balaban J connectivity index is 2.43. The van der Waals surface area contributed by atoms with E-state index in [2.05, 4.69) is 5.32 Å². The van der Waals surface area contributed by atoms with Crippen LogP contribution < -0.4 is 9.62 Å². The van der Waals surface area contributed by atoms with Crippen LogP contribution in [0.15, 0.2) is 42.5 Å². The molecule has 2 amide bonds. The smallest absolute Gasteiger partial charge is 0.244 e. The molecular formula is C21H25Cl2N3O4S. The average molecular weight is 486 g/mol. The molecule has 168 valence electrons. The third-order valence-corrected chi connectivity index (χ3v) is 6.41. The molecule has 0 fully saturated rings. The summed E-state index contributed by atoms with van der Waals surface area (Å²) < 4.78 is 25.9. The minimum atomic E-state index is -3.84. The van der Waals surface area contributed by atoms with E-state index in [0.29, 0.717) is 0 Å². The molecule has 0 aliphatic carbocycles. The number of carbonyl (C=O) groups excluding carboxylic acids is 2. The number of benzene rings is 2. The fourth-order valence-electron chi connectivity index (χ4n) is 3.06. The predicted molar refractivity (Wildman–Crippen MR) is 124 cm³/mol. The second-order valence-electron chi connectivity index (χ2n) is 7.14. The van der Waals surface area contributed by atoms with Gasteiger partial charge in [0.2, 0.25) is 21.8 Å². The Hall–Kier alpha value is -2.29. The lowest BCUT2D eigenvalue weighted by Crippen LogP contribution is -2.50. The van der Waals surface area contributed by atoms with Crippen LogP contribution in [0.3, 0.4) is 0 Å². The molecule has 0 saturated heterocycles. The van der Waals surface area contributed by atoms with E-state index in [-0.39, 0.29) is 28.2 Å². The Morgan fingerprint density at radius 2 is 1.68 bits per heavy atom. The number of hydrogen-bond donors (Lipinski definition) is 1. The molecule has 0 unspecified atom stereocenters. The third-order valence-electron chi connectivity index (χ3n) is 4.83. The average Bonchev–Trinajstić information content (AvgIpc) is 2.68. The van der Waals surface area contributed by atoms with Gasteiger partial charge in [-0.15, -0.1) is 0 Å². The first kappa shape index (κ1) is 25.0. The van der Waals surface area contributed by atoms with E-state index in [4.69, 9.17) is 23.2 Å². The number of carbonyl (C=O) groups is 2. The molecule has 7 nitrogen and oxygen atoms in total. The quantitative estimate of drug-likeness (QED) is 0.621. The Morgan fingerprint density at radius 3 is 2.19 bits per heavy atom. The normalized spacial score (nSPS) is 12.2. The first-order chi connectivity index (χ1) is 14.4. The van der Waals surface area contributed by atoms with Gasteiger partial charge in [0.05, 0.1) is 11.9 Å². The van der Waals surface area contributed by atoms with Crippen LogP contribution in [0.4, 0.5) is 5.69 Å². The molecule has 0 saturated carbocycles. The van der Waals surface area contributed by atoms with E-state index in [1.165, 1.54) is 30.1 Å². The molecule has 2 aromatic carbocycles. The highest BCUT2D eigenvalue weighted by Gasteiger charge is 2.30. The zero-order chi connectivity index (χ0) is 23.3. The Kier molecular flexibility index (Phi) is 8.34. The van der Waals surface area contributed by atoms with Crippen LogP contribution in [0.5, 0.6) is 0 Å². The second-order valence-corrected chi connectivity index (χ2v) is 9.92. The molecular weight excluding hydrogens is 461 g/mol. The number of halogens is 2. The summed E-state index contributed by atoms with van der Waals surface area (Å²) in [5.74, 6) is -0.903. The van der Waals surface area contributed by atoms with Crippen molar-refractivity contribution in [2.24, 2.45) is 0 Å². The van der Waals surface area contributed by atoms with Crippen LogP contribution in [0.25, 0.3) is 0 Å². The molecule has 0 heterocycles. The van der Waals surface area contributed by atoms with E-state index in [1.807, 2.05) is 31.2 Å². The van der Waals surface area contributed by atoms with Crippen molar-refractivity contribution in [1.82, 2.24) is 10.2 Å². The van der Waals surface area contributed by atoms with Gasteiger partial charge in [-0.05, 0) is 43.2 Å². The van der Waals surface area contributed by atoms with Crippen LogP contribution in [0, 0.1) is 6.92 Å². The number of nitrogens with zero attached hydrogens (tertiary/aromatic N) is 2. The fourth-order valence-corrected chi connectivity index (χ4v) is 4.41. The van der Waals surface area contributed by atoms with Crippen molar-refractivity contribution in [1.29, 1.82) is 0 Å². The Labute approximate surface area is 193 Å². The summed E-state index contributed by atoms with van der Waals surface area (Å²) in [5, 5.41) is 3.00. The molecule has 2 rings (SSSR count). The van der Waals surface area contributed by atoms with E-state index < -0.39 is 28.5 Å². The van der Waals surface area contributed by atoms with Gasteiger partial charge in [0, 0.05) is 23.6 Å². The van der Waals surface area contributed by atoms with Gasteiger partial charge in [-0.25, -0.2) is 8.42 Å². The van der Waals surface area contributed by atoms with Gasteiger partial charge >= 0.3 is 0 Å². The Morgan fingerprint density at radius 1 is 1.10 bits per heavy atom. The van der Waals surface area contributed by atoms with Gasteiger partial charge in [0.25, 0.3) is 0 Å². The highest BCUT2D eigenvalue weighted by Crippen LogP contribution is 2.27. The predicted octanol–water partition coefficient (Wildman–Crippen LogP) is 3.23. The summed E-state index contributed by atoms with van der Waals surface area (Å²) in [6, 6.07) is 10.9. The van der Waals surface area contributed by atoms with Crippen molar-refractivity contribution in [3.05, 3.63) is 63.6 Å². The van der Waals surface area contributed by atoms with Crippen molar-refractivity contribution in [2.45, 2.75) is 26.4 Å². The molecule has 0 aromatic heterocycles. The van der Waals surface area contributed by atoms with Crippen molar-refractivity contribution in [3.63, 3.8) is 0 Å². The maximum Gasteiger partial charge on any atom is 0.244 e. The van der Waals surface area contributed by atoms with Crippen molar-refractivity contribution in [2.75, 3.05) is 24.2 Å². The lowest BCUT2D eigenvalue weighted by molar-refractivity contribution is -0.139. The maximum absolute atomic E-state index is 13.3. The fraction of sp³-hybridized carbons (Fsp3) is 0.333. The summed E-state index contributed by atoms with van der Waals surface area (Å²) in [5.41, 5.74) is 1.96. The minimum absolute atomic E-state index is 0.147. The number of amides is 2. The van der Waals surface area contributed by atoms with E-state index in [9.17, 15) is 18.0 Å². The van der Waals surface area contributed by atoms with Crippen LogP contribution in [0.1, 0.15) is 18.1 Å². The largest absolute Gasteiger partial charge is 0.357 e. The SMILES string of the molecule is CNC(=O)[C@H](C)N(Cc1ccccc1C)C(=O)CN(c1cc(Cl)cc(Cl)c1)S(C)(=O)=O. The number of sulfonamides is 1. The van der Waals surface area contributed by atoms with Crippen molar-refractivity contribution in [3.8, 4) is 0 Å². The van der Waals surface area contributed by atoms with Crippen LogP contribution in [-0.2, 0) is 26.2 Å². The van der Waals surface area contributed by atoms with Gasteiger partial charge in [-0.1, -0.05) is 47.5 Å². The number of likely N-dealkylation sites (N-methyl/N-ethyl adjacent to an activating group) is 1. The monoisotopic (exact) mass is 485 g/mol. The van der Waals surface area contributed by atoms with Crippen LogP contribution >= 0.6 is 23.2 Å². The van der Waals surface area contributed by atoms with Crippen LogP contribution in [-0.4, -0.2) is 51.0 Å². The summed E-state index contributed by atoms with van der Waals surface area (Å²) in [7, 11) is -2.37. The van der Waals surface area contributed by atoms with Gasteiger partial charge in [-0.2, -0.15) is 0 Å². The van der Waals surface area contributed by atoms with Gasteiger partial charge in [-0.3, -0.25) is 13.9 Å². The number of hydrogen-bond acceptors (Lipinski definition) is 4. The molecule has 0 bridgehead atoms. The van der Waals surface area contributed by atoms with Crippen molar-refractivity contribution < 1.29 is 18.0 Å². The van der Waals surface area contributed by atoms with Crippen LogP contribution in [0.2, 0.25) is 10.0 Å². The van der Waals surface area contributed by atoms with E-state index in [1.54, 1.807) is 6.92 Å². The molecule has 1 atom stereocenters. The number of aryl methyl sites for hydroxylation is 1. The maximum atomic E-state index is 13.3. The second kappa shape index (κ2) is 10.3. The summed E-state index contributed by atoms with van der Waals surface area (Å²) >= 11 is 12.0. The lowest BCUT2D eigenvalue weighted by Gasteiger charge is -2.31. The molecule has 10 heteroatoms. The number of nitrogens with one attached hydrogen (secondary N) is 1. The molecule has 1 N–H and O–H groups in total. The molecule has 0 spiro atoms. The van der Waals surface area contributed by atoms with Crippen molar-refractivity contribution >= 4 is 50.7 Å². The standard InChI is InChI=1S/C21H25Cl2N3O4S/c1-14-7-5-6-8-16(14)12-25(15(2)21(28)24-3)20(27)13-26(31(4,29)30)19-10-17(22)9-18(23)11-19/h5-11,15H,12-13H2,1-4H3,(H,24,28)/t15-/m0/s1. The highest BCUT2D eigenvalue weighted by atomic mass is 35.5. The van der Waals surface area contributed by atoms with Gasteiger partial charge < -0.3 is 10.2 Å². The van der Waals surface area contributed by atoms with E-state index in [0.717, 1.165) is 21.7 Å². The summed E-state index contributed by atoms with van der Waals surface area (Å²) in [4.78, 5) is 27.0. The molecule has 0 radical (unpaired) electrons. The Bertz CT molecular complexity index is 1060. The summed E-state index contributed by atoms with van der Waals surface area (Å²) in [6.07, 6.45) is 0.989. The highest BCUT2D eigenvalue weighted by molar-refractivity contribution is 7.92. The number of anilines is 1. The molecule has 31 heavy (non-hydrogen) atoms. The summed E-state index contributed by atoms with van der Waals surface area (Å²) in [6.45, 7) is 3.13. The topological polar surface area (TPSA) is 86.8 Å². The first-order valence-corrected chi connectivity index (χ1v) is 12.0. The first-order valence-electron chi connectivity index (χ1n) is 9.43. The zero-order valence-corrected chi connectivity index (χ0v) is 20.1. The number of rotatable bonds is 8. The molecule has 0 aliphatic rings. The van der Waals surface area contributed by atoms with E-state index >= 15 is 0 Å². The lowest BCUT2D eigenvalue weighted by atomic mass is 10.1.